The van der Waals surface area contributed by atoms with E-state index in [1.165, 1.54) is 6.92 Å². The van der Waals surface area contributed by atoms with Gasteiger partial charge in [0.2, 0.25) is 0 Å². The molecule has 7 nitrogen and oxygen atoms in total. The zero-order valence-corrected chi connectivity index (χ0v) is 13.4. The summed E-state index contributed by atoms with van der Waals surface area (Å²) in [6, 6.07) is 9.79. The van der Waals surface area contributed by atoms with Crippen molar-refractivity contribution in [2.75, 3.05) is 0 Å². The van der Waals surface area contributed by atoms with E-state index in [1.54, 1.807) is 24.3 Å². The summed E-state index contributed by atoms with van der Waals surface area (Å²) in [6.45, 7) is 3.38. The summed E-state index contributed by atoms with van der Waals surface area (Å²) in [5.41, 5.74) is 0.599. The molecule has 3 aromatic rings. The van der Waals surface area contributed by atoms with E-state index in [-0.39, 0.29) is 33.3 Å². The lowest BCUT2D eigenvalue weighted by molar-refractivity contribution is 0.0691. The predicted octanol–water partition coefficient (Wildman–Crippen LogP) is 2.28. The van der Waals surface area contributed by atoms with E-state index in [2.05, 4.69) is 5.10 Å². The van der Waals surface area contributed by atoms with Gasteiger partial charge in [-0.05, 0) is 37.6 Å². The monoisotopic (exact) mass is 335 g/mol. The molecule has 0 aliphatic carbocycles. The standard InChI is InChI=1S/C18H13N3O4/c1-9-3-5-11(6-4-9)21-17(23)15-10(2)13(8-19)14(22)7-12(15)16(20-21)18(24)25/h3-7,22H,1-2H3,(H,24,25). The first-order valence-electron chi connectivity index (χ1n) is 7.35. The quantitative estimate of drug-likeness (QED) is 0.742. The van der Waals surface area contributed by atoms with Crippen LogP contribution in [0.15, 0.2) is 35.1 Å². The number of aromatic hydroxyl groups is 1. The number of rotatable bonds is 2. The number of aryl methyl sites for hydroxylation is 2. The van der Waals surface area contributed by atoms with Gasteiger partial charge in [-0.3, -0.25) is 4.79 Å². The van der Waals surface area contributed by atoms with Crippen LogP contribution < -0.4 is 5.56 Å². The fourth-order valence-corrected chi connectivity index (χ4v) is 2.73. The Kier molecular flexibility index (Phi) is 3.73. The maximum atomic E-state index is 12.9. The third kappa shape index (κ3) is 2.50. The van der Waals surface area contributed by atoms with Gasteiger partial charge in [-0.25, -0.2) is 4.79 Å². The maximum absolute atomic E-state index is 12.9. The fourth-order valence-electron chi connectivity index (χ4n) is 2.73. The Labute approximate surface area is 142 Å². The summed E-state index contributed by atoms with van der Waals surface area (Å²) >= 11 is 0. The van der Waals surface area contributed by atoms with Crippen LogP contribution in [-0.4, -0.2) is 26.0 Å². The Morgan fingerprint density at radius 3 is 2.44 bits per heavy atom. The number of nitriles is 1. The first kappa shape index (κ1) is 16.2. The summed E-state index contributed by atoms with van der Waals surface area (Å²) in [7, 11) is 0. The second-order valence-corrected chi connectivity index (χ2v) is 5.64. The van der Waals surface area contributed by atoms with E-state index in [0.717, 1.165) is 16.3 Å². The minimum atomic E-state index is -1.34. The maximum Gasteiger partial charge on any atom is 0.357 e. The molecule has 0 bridgehead atoms. The number of phenolic OH excluding ortho intramolecular Hbond substituents is 1. The van der Waals surface area contributed by atoms with Crippen molar-refractivity contribution in [3.8, 4) is 17.5 Å². The number of benzene rings is 2. The molecule has 0 radical (unpaired) electrons. The molecule has 0 unspecified atom stereocenters. The van der Waals surface area contributed by atoms with Gasteiger partial charge in [0.25, 0.3) is 5.56 Å². The molecule has 0 saturated heterocycles. The molecule has 0 amide bonds. The Morgan fingerprint density at radius 2 is 1.88 bits per heavy atom. The first-order chi connectivity index (χ1) is 11.8. The Hall–Kier alpha value is -3.66. The molecule has 2 aromatic carbocycles. The number of carboxylic acid groups (broad SMARTS) is 1. The van der Waals surface area contributed by atoms with Crippen molar-refractivity contribution in [1.29, 1.82) is 5.26 Å². The second-order valence-electron chi connectivity index (χ2n) is 5.64. The molecular formula is C18H13N3O4. The molecule has 0 aliphatic heterocycles. The molecule has 2 N–H and O–H groups in total. The highest BCUT2D eigenvalue weighted by atomic mass is 16.4. The summed E-state index contributed by atoms with van der Waals surface area (Å²) in [6.07, 6.45) is 0. The SMILES string of the molecule is Cc1ccc(-n2nc(C(=O)O)c3cc(O)c(C#N)c(C)c3c2=O)cc1. The van der Waals surface area contributed by atoms with Gasteiger partial charge in [-0.2, -0.15) is 15.0 Å². The Morgan fingerprint density at radius 1 is 1.24 bits per heavy atom. The van der Waals surface area contributed by atoms with Gasteiger partial charge in [0.05, 0.1) is 16.6 Å². The van der Waals surface area contributed by atoms with E-state index in [9.17, 15) is 25.1 Å². The summed E-state index contributed by atoms with van der Waals surface area (Å²) < 4.78 is 0.996. The average Bonchev–Trinajstić information content (AvgIpc) is 2.56. The summed E-state index contributed by atoms with van der Waals surface area (Å²) in [5, 5.41) is 32.6. The van der Waals surface area contributed by atoms with Crippen molar-refractivity contribution in [2.24, 2.45) is 0 Å². The molecule has 1 heterocycles. The Bertz CT molecular complexity index is 1120. The lowest BCUT2D eigenvalue weighted by Gasteiger charge is -2.12. The number of carboxylic acids is 1. The van der Waals surface area contributed by atoms with Crippen molar-refractivity contribution >= 4 is 16.7 Å². The van der Waals surface area contributed by atoms with Crippen molar-refractivity contribution in [3.05, 3.63) is 63.1 Å². The van der Waals surface area contributed by atoms with Crippen molar-refractivity contribution in [2.45, 2.75) is 13.8 Å². The van der Waals surface area contributed by atoms with Crippen molar-refractivity contribution in [3.63, 3.8) is 0 Å². The van der Waals surface area contributed by atoms with Crippen LogP contribution in [0.1, 0.15) is 27.2 Å². The molecule has 7 heteroatoms. The third-order valence-corrected chi connectivity index (χ3v) is 4.01. The molecule has 1 aromatic heterocycles. The number of carbonyl (C=O) groups is 1. The lowest BCUT2D eigenvalue weighted by Crippen LogP contribution is -2.25. The van der Waals surface area contributed by atoms with Crippen LogP contribution in [-0.2, 0) is 0 Å². The second kappa shape index (κ2) is 5.76. The van der Waals surface area contributed by atoms with Gasteiger partial charge in [0, 0.05) is 5.39 Å². The van der Waals surface area contributed by atoms with Gasteiger partial charge >= 0.3 is 5.97 Å². The average molecular weight is 335 g/mol. The number of hydrogen-bond donors (Lipinski definition) is 2. The van der Waals surface area contributed by atoms with Gasteiger partial charge in [0.1, 0.15) is 11.8 Å². The van der Waals surface area contributed by atoms with Crippen LogP contribution in [0.3, 0.4) is 0 Å². The summed E-state index contributed by atoms with van der Waals surface area (Å²) in [4.78, 5) is 24.5. The molecule has 0 spiro atoms. The molecule has 0 atom stereocenters. The van der Waals surface area contributed by atoms with Crippen LogP contribution in [0.4, 0.5) is 0 Å². The molecule has 124 valence electrons. The van der Waals surface area contributed by atoms with Gasteiger partial charge in [-0.1, -0.05) is 17.7 Å². The highest BCUT2D eigenvalue weighted by Gasteiger charge is 2.21. The zero-order valence-electron chi connectivity index (χ0n) is 13.4. The number of aromatic carboxylic acids is 1. The van der Waals surface area contributed by atoms with Crippen LogP contribution in [0.2, 0.25) is 0 Å². The third-order valence-electron chi connectivity index (χ3n) is 4.01. The first-order valence-corrected chi connectivity index (χ1v) is 7.35. The van der Waals surface area contributed by atoms with Gasteiger partial charge < -0.3 is 10.2 Å². The Balaban J connectivity index is 2.52. The summed E-state index contributed by atoms with van der Waals surface area (Å²) in [5.74, 6) is -1.72. The molecular weight excluding hydrogens is 322 g/mol. The molecule has 0 saturated carbocycles. The van der Waals surface area contributed by atoms with Crippen LogP contribution in [0.5, 0.6) is 5.75 Å². The largest absolute Gasteiger partial charge is 0.507 e. The number of fused-ring (bicyclic) bond motifs is 1. The highest BCUT2D eigenvalue weighted by molar-refractivity contribution is 6.03. The number of hydrogen-bond acceptors (Lipinski definition) is 5. The molecule has 3 rings (SSSR count). The van der Waals surface area contributed by atoms with Crippen molar-refractivity contribution < 1.29 is 15.0 Å². The number of nitrogens with zero attached hydrogens (tertiary/aromatic N) is 3. The zero-order chi connectivity index (χ0) is 18.3. The highest BCUT2D eigenvalue weighted by Crippen LogP contribution is 2.29. The minimum Gasteiger partial charge on any atom is -0.507 e. The van der Waals surface area contributed by atoms with Gasteiger partial charge in [0.15, 0.2) is 5.69 Å². The molecule has 25 heavy (non-hydrogen) atoms. The van der Waals surface area contributed by atoms with Crippen LogP contribution >= 0.6 is 0 Å². The lowest BCUT2D eigenvalue weighted by atomic mass is 10.00. The van der Waals surface area contributed by atoms with E-state index in [4.69, 9.17) is 0 Å². The van der Waals surface area contributed by atoms with Gasteiger partial charge in [-0.15, -0.1) is 0 Å². The molecule has 0 fully saturated rings. The van der Waals surface area contributed by atoms with Crippen LogP contribution in [0.25, 0.3) is 16.5 Å². The smallest absolute Gasteiger partial charge is 0.357 e. The van der Waals surface area contributed by atoms with E-state index in [0.29, 0.717) is 5.69 Å². The van der Waals surface area contributed by atoms with Crippen LogP contribution in [0, 0.1) is 25.2 Å². The van der Waals surface area contributed by atoms with E-state index in [1.807, 2.05) is 13.0 Å². The minimum absolute atomic E-state index is 0.00476. The number of phenols is 1. The predicted molar refractivity (Wildman–Crippen MR) is 90.2 cm³/mol. The van der Waals surface area contributed by atoms with E-state index < -0.39 is 11.5 Å². The number of aromatic nitrogens is 2. The van der Waals surface area contributed by atoms with E-state index >= 15 is 0 Å². The molecule has 0 aliphatic rings. The normalized spacial score (nSPS) is 10.6. The topological polar surface area (TPSA) is 116 Å². The fraction of sp³-hybridized carbons (Fsp3) is 0.111. The van der Waals surface area contributed by atoms with Crippen molar-refractivity contribution in [1.82, 2.24) is 9.78 Å².